The van der Waals surface area contributed by atoms with E-state index in [1.807, 2.05) is 6.92 Å². The number of nitrogens with zero attached hydrogens (tertiary/aromatic N) is 2. The maximum absolute atomic E-state index is 13.2. The third-order valence-electron chi connectivity index (χ3n) is 6.22. The predicted octanol–water partition coefficient (Wildman–Crippen LogP) is 3.42. The van der Waals surface area contributed by atoms with Crippen LogP contribution in [0.5, 0.6) is 5.75 Å². The standard InChI is InChI=1S/C24H28N4O7S/c1-3-18(20-11-10-14(2)35-20)25-23-24(28-36(32,33)27-23)26-19-9-5-8-17(22(19)31)21(30)15-6-4-7-16(12-15)34-13-29/h5,8-11,13,15-16,18,31H,3-4,6-7,12H2,1-2H3,(H,25,27)(H,26,28)/t15?,16-,18-/m1/s1. The molecule has 2 aromatic rings. The maximum Gasteiger partial charge on any atom is 0.345 e. The first kappa shape index (κ1) is 25.4. The lowest BCUT2D eigenvalue weighted by atomic mass is 9.82. The molecule has 1 unspecified atom stereocenters. The third kappa shape index (κ3) is 5.59. The van der Waals surface area contributed by atoms with Crippen molar-refractivity contribution in [3.63, 3.8) is 0 Å². The van der Waals surface area contributed by atoms with Gasteiger partial charge in [0.05, 0.1) is 11.3 Å². The van der Waals surface area contributed by atoms with E-state index in [0.717, 1.165) is 6.42 Å². The Kier molecular flexibility index (Phi) is 7.43. The third-order valence-corrected chi connectivity index (χ3v) is 7.10. The molecule has 0 spiro atoms. The number of phenols is 1. The molecule has 0 radical (unpaired) electrons. The molecule has 0 saturated heterocycles. The summed E-state index contributed by atoms with van der Waals surface area (Å²) in [4.78, 5) is 28.3. The number of carbonyl (C=O) groups is 2. The summed E-state index contributed by atoms with van der Waals surface area (Å²) >= 11 is 0. The van der Waals surface area contributed by atoms with Crippen LogP contribution in [-0.4, -0.2) is 43.6 Å². The fraction of sp³-hybridized carbons (Fsp3) is 0.417. The Bertz CT molecular complexity index is 1320. The maximum atomic E-state index is 13.2. The molecule has 2 heterocycles. The lowest BCUT2D eigenvalue weighted by molar-refractivity contribution is -0.135. The molecule has 3 atom stereocenters. The Morgan fingerprint density at radius 1 is 1.36 bits per heavy atom. The van der Waals surface area contributed by atoms with E-state index in [4.69, 9.17) is 9.15 Å². The summed E-state index contributed by atoms with van der Waals surface area (Å²) < 4.78 is 41.1. The number of rotatable bonds is 8. The molecule has 4 rings (SSSR count). The van der Waals surface area contributed by atoms with E-state index in [0.29, 0.717) is 43.7 Å². The van der Waals surface area contributed by atoms with E-state index in [9.17, 15) is 23.1 Å². The minimum absolute atomic E-state index is 0.0341. The van der Waals surface area contributed by atoms with Crippen molar-refractivity contribution < 1.29 is 32.3 Å². The van der Waals surface area contributed by atoms with E-state index in [-0.39, 0.29) is 40.6 Å². The van der Waals surface area contributed by atoms with Gasteiger partial charge in [0.15, 0.2) is 17.5 Å². The van der Waals surface area contributed by atoms with Gasteiger partial charge in [0, 0.05) is 5.92 Å². The number of benzene rings is 1. The highest BCUT2D eigenvalue weighted by Crippen LogP contribution is 2.35. The topological polar surface area (TPSA) is 160 Å². The van der Waals surface area contributed by atoms with Gasteiger partial charge in [-0.3, -0.25) is 14.6 Å². The normalized spacial score (nSPS) is 22.9. The van der Waals surface area contributed by atoms with Crippen molar-refractivity contribution in [1.82, 2.24) is 4.72 Å². The van der Waals surface area contributed by atoms with Gasteiger partial charge in [-0.2, -0.15) is 8.42 Å². The molecular weight excluding hydrogens is 488 g/mol. The molecule has 1 aromatic heterocycles. The lowest BCUT2D eigenvalue weighted by Crippen LogP contribution is -2.31. The summed E-state index contributed by atoms with van der Waals surface area (Å²) in [5, 5.41) is 13.7. The van der Waals surface area contributed by atoms with Gasteiger partial charge in [0.25, 0.3) is 6.47 Å². The van der Waals surface area contributed by atoms with Crippen LogP contribution in [-0.2, 0) is 19.7 Å². The molecule has 192 valence electrons. The average Bonchev–Trinajstić information content (AvgIpc) is 3.40. The zero-order valence-electron chi connectivity index (χ0n) is 19.9. The lowest BCUT2D eigenvalue weighted by Gasteiger charge is -2.27. The van der Waals surface area contributed by atoms with Gasteiger partial charge in [-0.25, -0.2) is 4.72 Å². The zero-order valence-corrected chi connectivity index (χ0v) is 20.7. The van der Waals surface area contributed by atoms with Gasteiger partial charge in [0.2, 0.25) is 0 Å². The number of aliphatic imine (C=N–C) groups is 1. The molecule has 1 saturated carbocycles. The van der Waals surface area contributed by atoms with E-state index in [1.54, 1.807) is 25.1 Å². The molecule has 0 bridgehead atoms. The first-order chi connectivity index (χ1) is 17.2. The number of ketones is 1. The summed E-state index contributed by atoms with van der Waals surface area (Å²) in [6, 6.07) is 7.69. The van der Waals surface area contributed by atoms with E-state index >= 15 is 0 Å². The van der Waals surface area contributed by atoms with Crippen molar-refractivity contribution in [3.8, 4) is 5.75 Å². The summed E-state index contributed by atoms with van der Waals surface area (Å²) in [6.45, 7) is 4.08. The number of amidine groups is 2. The zero-order chi connectivity index (χ0) is 25.9. The van der Waals surface area contributed by atoms with Gasteiger partial charge in [-0.15, -0.1) is 4.40 Å². The Hall–Kier alpha value is -3.67. The number of Topliss-reactive ketones (excluding diaryl/α,β-unsaturated/α-hetero) is 1. The molecule has 3 N–H and O–H groups in total. The number of carbonyl (C=O) groups excluding carboxylic acids is 2. The first-order valence-corrected chi connectivity index (χ1v) is 13.1. The van der Waals surface area contributed by atoms with Crippen molar-refractivity contribution in [3.05, 3.63) is 47.4 Å². The Morgan fingerprint density at radius 3 is 2.86 bits per heavy atom. The van der Waals surface area contributed by atoms with Crippen LogP contribution in [0.25, 0.3) is 0 Å². The van der Waals surface area contributed by atoms with Crippen molar-refractivity contribution in [2.45, 2.75) is 58.1 Å². The Morgan fingerprint density at radius 2 is 2.17 bits per heavy atom. The molecule has 36 heavy (non-hydrogen) atoms. The quantitative estimate of drug-likeness (QED) is 0.273. The van der Waals surface area contributed by atoms with E-state index < -0.39 is 22.2 Å². The predicted molar refractivity (Wildman–Crippen MR) is 132 cm³/mol. The molecule has 0 amide bonds. The van der Waals surface area contributed by atoms with Crippen LogP contribution < -0.4 is 10.0 Å². The minimum Gasteiger partial charge on any atom is -0.505 e. The molecule has 1 aromatic carbocycles. The van der Waals surface area contributed by atoms with Gasteiger partial charge < -0.3 is 19.6 Å². The molecule has 11 nitrogen and oxygen atoms in total. The fourth-order valence-electron chi connectivity index (χ4n) is 4.45. The van der Waals surface area contributed by atoms with Crippen LogP contribution in [0.3, 0.4) is 0 Å². The molecular formula is C24H28N4O7S. The van der Waals surface area contributed by atoms with Crippen LogP contribution in [0.2, 0.25) is 0 Å². The number of hydrogen-bond acceptors (Lipinski definition) is 9. The summed E-state index contributed by atoms with van der Waals surface area (Å²) in [6.07, 6.45) is 2.62. The van der Waals surface area contributed by atoms with Crippen molar-refractivity contribution in [1.29, 1.82) is 0 Å². The second-order valence-electron chi connectivity index (χ2n) is 8.78. The molecule has 1 aliphatic heterocycles. The highest BCUT2D eigenvalue weighted by molar-refractivity contribution is 7.89. The second kappa shape index (κ2) is 10.5. The van der Waals surface area contributed by atoms with Crippen LogP contribution in [0.15, 0.2) is 44.1 Å². The first-order valence-electron chi connectivity index (χ1n) is 11.7. The molecule has 12 heteroatoms. The largest absolute Gasteiger partial charge is 0.505 e. The second-order valence-corrected chi connectivity index (χ2v) is 10.1. The summed E-state index contributed by atoms with van der Waals surface area (Å²) in [7, 11) is -4.04. The molecule has 1 aliphatic carbocycles. The molecule has 2 aliphatic rings. The van der Waals surface area contributed by atoms with Crippen LogP contribution in [0.4, 0.5) is 5.69 Å². The van der Waals surface area contributed by atoms with Crippen LogP contribution in [0.1, 0.15) is 66.9 Å². The number of ether oxygens (including phenoxy) is 1. The van der Waals surface area contributed by atoms with E-state index in [1.165, 1.54) is 12.1 Å². The summed E-state index contributed by atoms with van der Waals surface area (Å²) in [5.74, 6) is 0.115. The van der Waals surface area contributed by atoms with Crippen molar-refractivity contribution in [2.75, 3.05) is 5.32 Å². The number of nitrogens with one attached hydrogen (secondary N) is 2. The van der Waals surface area contributed by atoms with E-state index in [2.05, 4.69) is 19.4 Å². The number of furan rings is 1. The van der Waals surface area contributed by atoms with Gasteiger partial charge in [0.1, 0.15) is 29.4 Å². The minimum atomic E-state index is -4.04. The van der Waals surface area contributed by atoms with Gasteiger partial charge >= 0.3 is 10.2 Å². The van der Waals surface area contributed by atoms with Crippen molar-refractivity contribution >= 4 is 39.8 Å². The number of phenolic OH excluding ortho intramolecular Hbond substituents is 1. The van der Waals surface area contributed by atoms with Crippen molar-refractivity contribution in [2.24, 2.45) is 15.3 Å². The highest BCUT2D eigenvalue weighted by atomic mass is 32.2. The SMILES string of the molecule is CC[C@@H](N=C1NS(=O)(=O)N=C1Nc1cccc(C(=O)C2CCC[C@@H](OC=O)C2)c1O)c1ccc(C)o1. The number of aromatic hydroxyl groups is 1. The van der Waals surface area contributed by atoms with Crippen LogP contribution in [0, 0.1) is 12.8 Å². The molecule has 1 fully saturated rings. The smallest absolute Gasteiger partial charge is 0.345 e. The number of aryl methyl sites for hydroxylation is 1. The number of para-hydroxylation sites is 1. The van der Waals surface area contributed by atoms with Gasteiger partial charge in [-0.1, -0.05) is 13.0 Å². The number of anilines is 1. The number of hydrogen-bond donors (Lipinski definition) is 3. The monoisotopic (exact) mass is 516 g/mol. The fourth-order valence-corrected chi connectivity index (χ4v) is 5.26. The highest BCUT2D eigenvalue weighted by Gasteiger charge is 2.32. The van der Waals surface area contributed by atoms with Gasteiger partial charge in [-0.05, 0) is 63.3 Å². The Labute approximate surface area is 208 Å². The Balaban J connectivity index is 1.59. The average molecular weight is 517 g/mol. The van der Waals surface area contributed by atoms with Crippen LogP contribution >= 0.6 is 0 Å². The summed E-state index contributed by atoms with van der Waals surface area (Å²) in [5.41, 5.74) is 0.187.